The summed E-state index contributed by atoms with van der Waals surface area (Å²) in [6, 6.07) is 0.616. The van der Waals surface area contributed by atoms with Crippen molar-refractivity contribution >= 4 is 0 Å². The van der Waals surface area contributed by atoms with Gasteiger partial charge in [-0.05, 0) is 33.6 Å². The third-order valence-electron chi connectivity index (χ3n) is 3.67. The van der Waals surface area contributed by atoms with Gasteiger partial charge in [-0.3, -0.25) is 9.58 Å². The van der Waals surface area contributed by atoms with E-state index in [9.17, 15) is 0 Å². The molecule has 1 aliphatic rings. The minimum absolute atomic E-state index is 0.301. The van der Waals surface area contributed by atoms with E-state index in [4.69, 9.17) is 0 Å². The Hall–Kier alpha value is -0.940. The highest BCUT2D eigenvalue weighted by molar-refractivity contribution is 4.92. The number of nitrogens with one attached hydrogen (secondary N) is 1. The SMILES string of the molecule is Cn1cc(CNC2CCN(C(C)(C)C)CC2)nn1. The first-order chi connectivity index (χ1) is 8.45. The van der Waals surface area contributed by atoms with Crippen molar-refractivity contribution in [3.05, 3.63) is 11.9 Å². The molecule has 1 aromatic rings. The first kappa shape index (κ1) is 13.5. The van der Waals surface area contributed by atoms with Gasteiger partial charge in [0.1, 0.15) is 0 Å². The Bertz CT molecular complexity index is 371. The second-order valence-corrected chi connectivity index (χ2v) is 6.20. The van der Waals surface area contributed by atoms with Crippen LogP contribution in [0.2, 0.25) is 0 Å². The average molecular weight is 251 g/mol. The van der Waals surface area contributed by atoms with Crippen molar-refractivity contribution in [3.63, 3.8) is 0 Å². The van der Waals surface area contributed by atoms with Gasteiger partial charge < -0.3 is 5.32 Å². The topological polar surface area (TPSA) is 46.0 Å². The van der Waals surface area contributed by atoms with Gasteiger partial charge in [-0.15, -0.1) is 5.10 Å². The highest BCUT2D eigenvalue weighted by atomic mass is 15.4. The van der Waals surface area contributed by atoms with E-state index < -0.39 is 0 Å². The Kier molecular flexibility index (Phi) is 4.02. The Morgan fingerprint density at radius 2 is 2.00 bits per heavy atom. The minimum Gasteiger partial charge on any atom is -0.308 e. The monoisotopic (exact) mass is 251 g/mol. The maximum atomic E-state index is 4.09. The quantitative estimate of drug-likeness (QED) is 0.876. The zero-order valence-electron chi connectivity index (χ0n) is 12.0. The van der Waals surface area contributed by atoms with Crippen LogP contribution >= 0.6 is 0 Å². The van der Waals surface area contributed by atoms with E-state index >= 15 is 0 Å². The number of aromatic nitrogens is 3. The molecule has 5 heteroatoms. The first-order valence-corrected chi connectivity index (χ1v) is 6.79. The maximum absolute atomic E-state index is 4.09. The fraction of sp³-hybridized carbons (Fsp3) is 0.846. The number of rotatable bonds is 3. The van der Waals surface area contributed by atoms with Crippen LogP contribution < -0.4 is 5.32 Å². The summed E-state index contributed by atoms with van der Waals surface area (Å²) in [6.45, 7) is 10.1. The number of hydrogen-bond donors (Lipinski definition) is 1. The summed E-state index contributed by atoms with van der Waals surface area (Å²) >= 11 is 0. The molecule has 102 valence electrons. The van der Waals surface area contributed by atoms with Crippen LogP contribution in [0.3, 0.4) is 0 Å². The Morgan fingerprint density at radius 3 is 2.50 bits per heavy atom. The fourth-order valence-corrected chi connectivity index (χ4v) is 2.48. The molecule has 1 saturated heterocycles. The van der Waals surface area contributed by atoms with E-state index in [0.29, 0.717) is 11.6 Å². The summed E-state index contributed by atoms with van der Waals surface area (Å²) < 4.78 is 1.75. The summed E-state index contributed by atoms with van der Waals surface area (Å²) in [5.41, 5.74) is 1.33. The molecule has 0 spiro atoms. The summed E-state index contributed by atoms with van der Waals surface area (Å²) in [6.07, 6.45) is 4.41. The van der Waals surface area contributed by atoms with Crippen molar-refractivity contribution < 1.29 is 0 Å². The molecule has 5 nitrogen and oxygen atoms in total. The van der Waals surface area contributed by atoms with Crippen molar-refractivity contribution in [2.24, 2.45) is 7.05 Å². The highest BCUT2D eigenvalue weighted by Gasteiger charge is 2.26. The minimum atomic E-state index is 0.301. The molecule has 2 heterocycles. The van der Waals surface area contributed by atoms with Crippen molar-refractivity contribution in [1.82, 2.24) is 25.2 Å². The third-order valence-corrected chi connectivity index (χ3v) is 3.67. The largest absolute Gasteiger partial charge is 0.308 e. The van der Waals surface area contributed by atoms with E-state index in [2.05, 4.69) is 41.3 Å². The Labute approximate surface area is 110 Å². The van der Waals surface area contributed by atoms with Crippen LogP contribution in [0.15, 0.2) is 6.20 Å². The lowest BCUT2D eigenvalue weighted by Crippen LogP contribution is -2.49. The van der Waals surface area contributed by atoms with Gasteiger partial charge in [-0.1, -0.05) is 5.21 Å². The lowest BCUT2D eigenvalue weighted by Gasteiger charge is -2.41. The van der Waals surface area contributed by atoms with Gasteiger partial charge in [0, 0.05) is 44.5 Å². The molecular formula is C13H25N5. The molecule has 0 bridgehead atoms. The Morgan fingerprint density at radius 1 is 1.33 bits per heavy atom. The average Bonchev–Trinajstić information content (AvgIpc) is 2.72. The van der Waals surface area contributed by atoms with Gasteiger partial charge in [0.25, 0.3) is 0 Å². The smallest absolute Gasteiger partial charge is 0.0964 e. The molecule has 1 N–H and O–H groups in total. The predicted molar refractivity (Wildman–Crippen MR) is 72.2 cm³/mol. The second-order valence-electron chi connectivity index (χ2n) is 6.20. The third kappa shape index (κ3) is 3.53. The maximum Gasteiger partial charge on any atom is 0.0964 e. The molecule has 1 aromatic heterocycles. The lowest BCUT2D eigenvalue weighted by molar-refractivity contribution is 0.0959. The molecule has 0 unspecified atom stereocenters. The van der Waals surface area contributed by atoms with Crippen molar-refractivity contribution in [3.8, 4) is 0 Å². The van der Waals surface area contributed by atoms with Gasteiger partial charge in [0.15, 0.2) is 0 Å². The van der Waals surface area contributed by atoms with Gasteiger partial charge in [0.05, 0.1) is 5.69 Å². The van der Waals surface area contributed by atoms with Crippen LogP contribution in [-0.4, -0.2) is 44.6 Å². The summed E-state index contributed by atoms with van der Waals surface area (Å²) in [5.74, 6) is 0. The van der Waals surface area contributed by atoms with E-state index in [0.717, 1.165) is 12.2 Å². The van der Waals surface area contributed by atoms with Gasteiger partial charge in [-0.2, -0.15) is 0 Å². The van der Waals surface area contributed by atoms with Crippen LogP contribution in [0.5, 0.6) is 0 Å². The van der Waals surface area contributed by atoms with Crippen LogP contribution in [0.1, 0.15) is 39.3 Å². The van der Waals surface area contributed by atoms with Crippen LogP contribution in [0.25, 0.3) is 0 Å². The van der Waals surface area contributed by atoms with E-state index in [1.807, 2.05) is 13.2 Å². The van der Waals surface area contributed by atoms with Gasteiger partial charge in [-0.25, -0.2) is 0 Å². The summed E-state index contributed by atoms with van der Waals surface area (Å²) in [4.78, 5) is 2.56. The van der Waals surface area contributed by atoms with Gasteiger partial charge in [0.2, 0.25) is 0 Å². The van der Waals surface area contributed by atoms with Crippen LogP contribution in [0, 0.1) is 0 Å². The molecule has 0 aromatic carbocycles. The standard InChI is InChI=1S/C13H25N5/c1-13(2,3)18-7-5-11(6-8-18)14-9-12-10-17(4)16-15-12/h10-11,14H,5-9H2,1-4H3. The number of aryl methyl sites for hydroxylation is 1. The molecule has 0 aliphatic carbocycles. The number of piperidine rings is 1. The first-order valence-electron chi connectivity index (χ1n) is 6.79. The lowest BCUT2D eigenvalue weighted by atomic mass is 9.98. The number of hydrogen-bond acceptors (Lipinski definition) is 4. The normalized spacial score (nSPS) is 19.3. The van der Waals surface area contributed by atoms with E-state index in [1.54, 1.807) is 4.68 Å². The van der Waals surface area contributed by atoms with Gasteiger partial charge >= 0.3 is 0 Å². The Balaban J connectivity index is 1.74. The molecule has 0 amide bonds. The molecule has 0 saturated carbocycles. The van der Waals surface area contributed by atoms with Crippen molar-refractivity contribution in [2.45, 2.75) is 51.7 Å². The zero-order valence-corrected chi connectivity index (χ0v) is 12.0. The zero-order chi connectivity index (χ0) is 13.2. The fourth-order valence-electron chi connectivity index (χ4n) is 2.48. The van der Waals surface area contributed by atoms with Crippen LogP contribution in [-0.2, 0) is 13.6 Å². The number of nitrogens with zero attached hydrogens (tertiary/aromatic N) is 4. The summed E-state index contributed by atoms with van der Waals surface area (Å²) in [7, 11) is 1.90. The second kappa shape index (κ2) is 5.36. The molecule has 1 fully saturated rings. The molecule has 0 radical (unpaired) electrons. The molecular weight excluding hydrogens is 226 g/mol. The molecule has 1 aliphatic heterocycles. The highest BCUT2D eigenvalue weighted by Crippen LogP contribution is 2.20. The summed E-state index contributed by atoms with van der Waals surface area (Å²) in [5, 5.41) is 11.6. The van der Waals surface area contributed by atoms with Crippen LogP contribution in [0.4, 0.5) is 0 Å². The van der Waals surface area contributed by atoms with Crippen molar-refractivity contribution in [2.75, 3.05) is 13.1 Å². The molecule has 18 heavy (non-hydrogen) atoms. The molecule has 2 rings (SSSR count). The number of likely N-dealkylation sites (tertiary alicyclic amines) is 1. The van der Waals surface area contributed by atoms with Crippen molar-refractivity contribution in [1.29, 1.82) is 0 Å². The van der Waals surface area contributed by atoms with E-state index in [1.165, 1.54) is 25.9 Å². The predicted octanol–water partition coefficient (Wildman–Crippen LogP) is 1.17. The molecule has 0 atom stereocenters. The van der Waals surface area contributed by atoms with E-state index in [-0.39, 0.29) is 0 Å².